The molecule has 4 fully saturated rings. The topological polar surface area (TPSA) is 110 Å². The average molecular weight is 565 g/mol. The number of halogens is 2. The van der Waals surface area contributed by atoms with Gasteiger partial charge in [0.05, 0.1) is 34.4 Å². The fourth-order valence-corrected chi connectivity index (χ4v) is 9.04. The Kier molecular flexibility index (Phi) is 6.78. The molecule has 0 amide bonds. The molecule has 206 valence electrons. The number of carbonyl (C=O) groups excluding carboxylic acids is 3. The lowest BCUT2D eigenvalue weighted by Crippen LogP contribution is -2.72. The minimum absolute atomic E-state index is 0.0117. The Bertz CT molecular complexity index is 1210. The number of hydrogen-bond donors (Lipinski definition) is 2. The normalized spacial score (nSPS) is 39.2. The van der Waals surface area contributed by atoms with E-state index in [1.165, 1.54) is 13.0 Å². The summed E-state index contributed by atoms with van der Waals surface area (Å²) in [6.45, 7) is 9.62. The molecule has 7 nitrogen and oxygen atoms in total. The summed E-state index contributed by atoms with van der Waals surface area (Å²) in [6, 6.07) is 4.62. The van der Waals surface area contributed by atoms with E-state index in [1.807, 2.05) is 0 Å². The number of rotatable bonds is 4. The van der Waals surface area contributed by atoms with Gasteiger partial charge in [-0.1, -0.05) is 56.1 Å². The molecule has 5 rings (SSSR count). The van der Waals surface area contributed by atoms with Crippen molar-refractivity contribution < 1.29 is 34.1 Å². The summed E-state index contributed by atoms with van der Waals surface area (Å²) < 4.78 is 11.7. The summed E-state index contributed by atoms with van der Waals surface area (Å²) >= 11 is 12.4. The second-order valence-corrected chi connectivity index (χ2v) is 13.0. The summed E-state index contributed by atoms with van der Waals surface area (Å²) in [4.78, 5) is 39.6. The highest BCUT2D eigenvalue weighted by molar-refractivity contribution is 6.43. The number of Topliss-reactive ketones (excluding diaryl/α,β-unsaturated/α-hetero) is 1. The van der Waals surface area contributed by atoms with Crippen molar-refractivity contribution >= 4 is 40.9 Å². The number of carbonyl (C=O) groups is 3. The third-order valence-corrected chi connectivity index (χ3v) is 10.9. The Hall–Kier alpha value is -1.93. The molecule has 0 aromatic heterocycles. The first-order valence-electron chi connectivity index (χ1n) is 13.2. The van der Waals surface area contributed by atoms with Crippen molar-refractivity contribution in [2.75, 3.05) is 6.61 Å². The molecule has 1 aromatic carbocycles. The van der Waals surface area contributed by atoms with Crippen molar-refractivity contribution in [1.82, 2.24) is 0 Å². The molecule has 8 atom stereocenters. The first-order valence-corrected chi connectivity index (χ1v) is 13.9. The molecule has 2 N–H and O–H groups in total. The molecule has 0 heterocycles. The van der Waals surface area contributed by atoms with Crippen LogP contribution in [0.4, 0.5) is 0 Å². The molecular weight excluding hydrogens is 531 g/mol. The van der Waals surface area contributed by atoms with Crippen molar-refractivity contribution in [3.05, 3.63) is 46.0 Å². The van der Waals surface area contributed by atoms with E-state index < -0.39 is 58.7 Å². The van der Waals surface area contributed by atoms with Gasteiger partial charge in [-0.05, 0) is 54.7 Å². The molecule has 0 radical (unpaired) electrons. The molecule has 4 saturated carbocycles. The summed E-state index contributed by atoms with van der Waals surface area (Å²) in [5.74, 6) is -3.22. The largest absolute Gasteiger partial charge is 0.465 e. The predicted molar refractivity (Wildman–Crippen MR) is 141 cm³/mol. The number of ether oxygens (including phenoxy) is 2. The Morgan fingerprint density at radius 2 is 1.87 bits per heavy atom. The number of benzene rings is 1. The zero-order chi connectivity index (χ0) is 27.8. The van der Waals surface area contributed by atoms with Gasteiger partial charge in [0.25, 0.3) is 0 Å². The van der Waals surface area contributed by atoms with Gasteiger partial charge in [0.15, 0.2) is 5.78 Å². The number of aliphatic hydroxyl groups excluding tert-OH is 2. The van der Waals surface area contributed by atoms with Crippen LogP contribution in [0.2, 0.25) is 10.0 Å². The van der Waals surface area contributed by atoms with Gasteiger partial charge >= 0.3 is 11.9 Å². The highest BCUT2D eigenvalue weighted by Gasteiger charge is 2.78. The Morgan fingerprint density at radius 3 is 2.55 bits per heavy atom. The minimum atomic E-state index is -1.62. The average Bonchev–Trinajstić information content (AvgIpc) is 2.97. The van der Waals surface area contributed by atoms with Crippen LogP contribution >= 0.6 is 23.2 Å². The maximum Gasteiger partial charge on any atom is 0.340 e. The quantitative estimate of drug-likeness (QED) is 0.400. The highest BCUT2D eigenvalue weighted by atomic mass is 35.5. The summed E-state index contributed by atoms with van der Waals surface area (Å²) in [6.07, 6.45) is -0.552. The van der Waals surface area contributed by atoms with Crippen molar-refractivity contribution in [3.63, 3.8) is 0 Å². The molecule has 38 heavy (non-hydrogen) atoms. The number of hydrogen-bond acceptors (Lipinski definition) is 7. The molecule has 0 saturated heterocycles. The number of esters is 2. The van der Waals surface area contributed by atoms with Gasteiger partial charge in [-0.25, -0.2) is 4.79 Å². The smallest absolute Gasteiger partial charge is 0.340 e. The maximum absolute atomic E-state index is 14.1. The molecule has 4 aliphatic carbocycles. The van der Waals surface area contributed by atoms with E-state index in [1.54, 1.807) is 12.1 Å². The second-order valence-electron chi connectivity index (χ2n) is 12.3. The Morgan fingerprint density at radius 1 is 1.16 bits per heavy atom. The summed E-state index contributed by atoms with van der Waals surface area (Å²) in [5.41, 5.74) is -2.37. The van der Waals surface area contributed by atoms with Crippen molar-refractivity contribution in [3.8, 4) is 0 Å². The van der Waals surface area contributed by atoms with E-state index in [-0.39, 0.29) is 52.0 Å². The molecule has 4 aliphatic rings. The molecule has 1 aromatic rings. The monoisotopic (exact) mass is 564 g/mol. The van der Waals surface area contributed by atoms with Crippen molar-refractivity contribution in [2.24, 2.45) is 34.0 Å². The Labute approximate surface area is 232 Å². The van der Waals surface area contributed by atoms with Crippen LogP contribution in [-0.4, -0.2) is 52.9 Å². The van der Waals surface area contributed by atoms with Crippen LogP contribution in [0.1, 0.15) is 63.2 Å². The van der Waals surface area contributed by atoms with E-state index in [2.05, 4.69) is 20.4 Å². The van der Waals surface area contributed by atoms with Crippen LogP contribution in [0, 0.1) is 34.0 Å². The van der Waals surface area contributed by atoms with Crippen LogP contribution in [0.15, 0.2) is 30.4 Å². The number of ketones is 1. The molecule has 0 aliphatic heterocycles. The SMILES string of the molecule is C=C1C(=O)[C@@]23[C@H](O)C[C@@H]4C(C)(C)CCC[C@@]4(COC(C)=O)[C@@H]2[C@@H](O)C[C@H]1[C@H]3OC(=O)c1cccc(Cl)c1Cl. The van der Waals surface area contributed by atoms with Crippen LogP contribution in [-0.2, 0) is 19.1 Å². The van der Waals surface area contributed by atoms with E-state index >= 15 is 0 Å². The predicted octanol–water partition coefficient (Wildman–Crippen LogP) is 4.78. The minimum Gasteiger partial charge on any atom is -0.465 e. The van der Waals surface area contributed by atoms with E-state index in [9.17, 15) is 24.6 Å². The standard InChI is InChI=1S/C29H34Cl2O7/c1-14-17-11-19(33)23-28(13-37-15(2)32)10-6-9-27(3,4)20(28)12-21(34)29(23,24(14)35)25(17)38-26(36)16-7-5-8-18(30)22(16)31/h5,7-8,17,19-21,23,25,33-34H,1,6,9-13H2,2-4H3/t17-,19+,20-,21-,23+,25-,28+,29-/m1/s1. The fraction of sp³-hybridized carbons (Fsp3) is 0.621. The van der Waals surface area contributed by atoms with Gasteiger partial charge < -0.3 is 19.7 Å². The van der Waals surface area contributed by atoms with E-state index in [0.717, 1.165) is 12.8 Å². The maximum atomic E-state index is 14.1. The summed E-state index contributed by atoms with van der Waals surface area (Å²) in [5, 5.41) is 23.8. The lowest BCUT2D eigenvalue weighted by Gasteiger charge is -2.66. The van der Waals surface area contributed by atoms with Crippen molar-refractivity contribution in [2.45, 2.75) is 71.2 Å². The van der Waals surface area contributed by atoms with Gasteiger partial charge in [-0.15, -0.1) is 0 Å². The zero-order valence-electron chi connectivity index (χ0n) is 21.8. The zero-order valence-corrected chi connectivity index (χ0v) is 23.3. The Balaban J connectivity index is 1.66. The first-order chi connectivity index (χ1) is 17.8. The molecule has 9 heteroatoms. The molecule has 2 bridgehead atoms. The fourth-order valence-electron chi connectivity index (χ4n) is 8.66. The molecular formula is C29H34Cl2O7. The lowest BCUT2D eigenvalue weighted by atomic mass is 9.39. The first kappa shape index (κ1) is 27.6. The number of fused-ring (bicyclic) bond motifs is 3. The van der Waals surface area contributed by atoms with Gasteiger partial charge in [0.2, 0.25) is 0 Å². The third kappa shape index (κ3) is 3.72. The van der Waals surface area contributed by atoms with E-state index in [4.69, 9.17) is 32.7 Å². The second kappa shape index (κ2) is 9.33. The molecule has 1 spiro atoms. The van der Waals surface area contributed by atoms with E-state index in [0.29, 0.717) is 6.42 Å². The van der Waals surface area contributed by atoms with Crippen LogP contribution in [0.25, 0.3) is 0 Å². The van der Waals surface area contributed by atoms with Crippen molar-refractivity contribution in [1.29, 1.82) is 0 Å². The van der Waals surface area contributed by atoms with Gasteiger partial charge in [0.1, 0.15) is 11.5 Å². The number of aliphatic hydroxyl groups is 2. The van der Waals surface area contributed by atoms with Gasteiger partial charge in [-0.3, -0.25) is 9.59 Å². The molecule has 0 unspecified atom stereocenters. The van der Waals surface area contributed by atoms with Gasteiger partial charge in [-0.2, -0.15) is 0 Å². The lowest BCUT2D eigenvalue weighted by molar-refractivity contribution is -0.264. The van der Waals surface area contributed by atoms with Crippen LogP contribution in [0.3, 0.4) is 0 Å². The van der Waals surface area contributed by atoms with Gasteiger partial charge in [0, 0.05) is 24.2 Å². The highest BCUT2D eigenvalue weighted by Crippen LogP contribution is 2.71. The van der Waals surface area contributed by atoms with Crippen LogP contribution < -0.4 is 0 Å². The third-order valence-electron chi connectivity index (χ3n) is 10.0. The van der Waals surface area contributed by atoms with Crippen LogP contribution in [0.5, 0.6) is 0 Å². The summed E-state index contributed by atoms with van der Waals surface area (Å²) in [7, 11) is 0.